The molecular weight excluding hydrogens is 322 g/mol. The zero-order chi connectivity index (χ0) is 17.1. The summed E-state index contributed by atoms with van der Waals surface area (Å²) in [7, 11) is 0. The molecule has 0 fully saturated rings. The number of para-hydroxylation sites is 1. The van der Waals surface area contributed by atoms with E-state index in [0.29, 0.717) is 43.2 Å². The average molecular weight is 341 g/mol. The SMILES string of the molecule is O=C(CCc1ccc2c(c1)OCCCO2)Nc1cccc2c1OCO2. The normalized spacial score (nSPS) is 14.7. The summed E-state index contributed by atoms with van der Waals surface area (Å²) in [5.74, 6) is 2.69. The third kappa shape index (κ3) is 3.47. The van der Waals surface area contributed by atoms with Crippen LogP contribution in [-0.2, 0) is 11.2 Å². The number of hydrogen-bond donors (Lipinski definition) is 1. The molecule has 2 aliphatic rings. The quantitative estimate of drug-likeness (QED) is 0.925. The van der Waals surface area contributed by atoms with E-state index in [9.17, 15) is 4.79 Å². The molecule has 0 radical (unpaired) electrons. The van der Waals surface area contributed by atoms with Gasteiger partial charge < -0.3 is 24.3 Å². The van der Waals surface area contributed by atoms with E-state index in [2.05, 4.69) is 5.32 Å². The molecule has 0 atom stereocenters. The summed E-state index contributed by atoms with van der Waals surface area (Å²) < 4.78 is 22.0. The second-order valence-electron chi connectivity index (χ2n) is 5.92. The van der Waals surface area contributed by atoms with Crippen LogP contribution in [0.2, 0.25) is 0 Å². The smallest absolute Gasteiger partial charge is 0.231 e. The van der Waals surface area contributed by atoms with Crippen LogP contribution >= 0.6 is 0 Å². The van der Waals surface area contributed by atoms with E-state index in [1.54, 1.807) is 6.07 Å². The number of fused-ring (bicyclic) bond motifs is 2. The van der Waals surface area contributed by atoms with E-state index < -0.39 is 0 Å². The molecule has 0 unspecified atom stereocenters. The van der Waals surface area contributed by atoms with Crippen LogP contribution in [0.3, 0.4) is 0 Å². The Morgan fingerprint density at radius 3 is 2.76 bits per heavy atom. The van der Waals surface area contributed by atoms with Crippen molar-refractivity contribution in [2.24, 2.45) is 0 Å². The van der Waals surface area contributed by atoms with Gasteiger partial charge in [-0.15, -0.1) is 0 Å². The summed E-state index contributed by atoms with van der Waals surface area (Å²) in [6, 6.07) is 11.3. The van der Waals surface area contributed by atoms with Crippen molar-refractivity contribution in [1.82, 2.24) is 0 Å². The van der Waals surface area contributed by atoms with Gasteiger partial charge in [0.1, 0.15) is 0 Å². The van der Waals surface area contributed by atoms with Crippen LogP contribution in [0.1, 0.15) is 18.4 Å². The van der Waals surface area contributed by atoms with Gasteiger partial charge in [0.2, 0.25) is 12.7 Å². The molecule has 4 rings (SSSR count). The average Bonchev–Trinajstić information content (AvgIpc) is 2.99. The van der Waals surface area contributed by atoms with E-state index in [-0.39, 0.29) is 12.7 Å². The first-order valence-electron chi connectivity index (χ1n) is 8.36. The summed E-state index contributed by atoms with van der Waals surface area (Å²) in [4.78, 5) is 12.3. The maximum atomic E-state index is 12.3. The molecular formula is C19H19NO5. The van der Waals surface area contributed by atoms with Crippen LogP contribution < -0.4 is 24.3 Å². The minimum Gasteiger partial charge on any atom is -0.490 e. The van der Waals surface area contributed by atoms with Crippen LogP contribution in [0.15, 0.2) is 36.4 Å². The summed E-state index contributed by atoms with van der Waals surface area (Å²) in [5.41, 5.74) is 1.68. The molecule has 2 aromatic carbocycles. The van der Waals surface area contributed by atoms with Crippen LogP contribution in [0.25, 0.3) is 0 Å². The van der Waals surface area contributed by atoms with Crippen molar-refractivity contribution in [3.63, 3.8) is 0 Å². The second kappa shape index (κ2) is 6.93. The fourth-order valence-corrected chi connectivity index (χ4v) is 2.86. The Kier molecular flexibility index (Phi) is 4.33. The second-order valence-corrected chi connectivity index (χ2v) is 5.92. The fraction of sp³-hybridized carbons (Fsp3) is 0.316. The molecule has 6 nitrogen and oxygen atoms in total. The zero-order valence-corrected chi connectivity index (χ0v) is 13.7. The highest BCUT2D eigenvalue weighted by molar-refractivity contribution is 5.93. The topological polar surface area (TPSA) is 66.0 Å². The third-order valence-electron chi connectivity index (χ3n) is 4.12. The fourth-order valence-electron chi connectivity index (χ4n) is 2.86. The molecule has 2 aromatic rings. The number of benzene rings is 2. The summed E-state index contributed by atoms with van der Waals surface area (Å²) in [6.07, 6.45) is 1.86. The van der Waals surface area contributed by atoms with Crippen LogP contribution in [-0.4, -0.2) is 25.9 Å². The molecule has 2 heterocycles. The van der Waals surface area contributed by atoms with Crippen LogP contribution in [0, 0.1) is 0 Å². The van der Waals surface area contributed by atoms with Crippen molar-refractivity contribution in [3.05, 3.63) is 42.0 Å². The zero-order valence-electron chi connectivity index (χ0n) is 13.7. The van der Waals surface area contributed by atoms with Gasteiger partial charge in [0.05, 0.1) is 18.9 Å². The standard InChI is InChI=1S/C19H19NO5/c21-18(20-14-3-1-4-16-19(14)25-12-24-16)8-6-13-5-7-15-17(11-13)23-10-2-9-22-15/h1,3-5,7,11H,2,6,8-10,12H2,(H,20,21). The molecule has 6 heteroatoms. The Morgan fingerprint density at radius 1 is 0.960 bits per heavy atom. The number of rotatable bonds is 4. The molecule has 0 aliphatic carbocycles. The summed E-state index contributed by atoms with van der Waals surface area (Å²) >= 11 is 0. The first kappa shape index (κ1) is 15.6. The number of aryl methyl sites for hydroxylation is 1. The lowest BCUT2D eigenvalue weighted by molar-refractivity contribution is -0.116. The lowest BCUT2D eigenvalue weighted by atomic mass is 10.1. The van der Waals surface area contributed by atoms with E-state index in [1.165, 1.54) is 0 Å². The van der Waals surface area contributed by atoms with Crippen molar-refractivity contribution < 1.29 is 23.7 Å². The van der Waals surface area contributed by atoms with Crippen molar-refractivity contribution in [1.29, 1.82) is 0 Å². The van der Waals surface area contributed by atoms with Gasteiger partial charge in [-0.1, -0.05) is 12.1 Å². The Morgan fingerprint density at radius 2 is 1.84 bits per heavy atom. The van der Waals surface area contributed by atoms with Gasteiger partial charge in [-0.3, -0.25) is 4.79 Å². The van der Waals surface area contributed by atoms with Crippen molar-refractivity contribution in [3.8, 4) is 23.0 Å². The summed E-state index contributed by atoms with van der Waals surface area (Å²) in [6.45, 7) is 1.50. The monoisotopic (exact) mass is 341 g/mol. The molecule has 0 saturated heterocycles. The van der Waals surface area contributed by atoms with Gasteiger partial charge >= 0.3 is 0 Å². The largest absolute Gasteiger partial charge is 0.490 e. The Balaban J connectivity index is 1.38. The highest BCUT2D eigenvalue weighted by Crippen LogP contribution is 2.38. The molecule has 0 aromatic heterocycles. The molecule has 1 amide bonds. The number of nitrogens with one attached hydrogen (secondary N) is 1. The Bertz CT molecular complexity index is 789. The van der Waals surface area contributed by atoms with Crippen molar-refractivity contribution >= 4 is 11.6 Å². The Hall–Kier alpha value is -2.89. The number of ether oxygens (including phenoxy) is 4. The number of carbonyl (C=O) groups excluding carboxylic acids is 1. The lowest BCUT2D eigenvalue weighted by Gasteiger charge is -2.10. The number of amides is 1. The molecule has 2 aliphatic heterocycles. The molecule has 0 spiro atoms. The van der Waals surface area contributed by atoms with E-state index in [1.807, 2.05) is 30.3 Å². The third-order valence-corrected chi connectivity index (χ3v) is 4.12. The van der Waals surface area contributed by atoms with Crippen molar-refractivity contribution in [2.75, 3.05) is 25.3 Å². The highest BCUT2D eigenvalue weighted by Gasteiger charge is 2.18. The van der Waals surface area contributed by atoms with Gasteiger partial charge in [-0.2, -0.15) is 0 Å². The number of carbonyl (C=O) groups is 1. The first-order chi connectivity index (χ1) is 12.3. The summed E-state index contributed by atoms with van der Waals surface area (Å²) in [5, 5.41) is 2.88. The number of hydrogen-bond acceptors (Lipinski definition) is 5. The molecule has 1 N–H and O–H groups in total. The van der Waals surface area contributed by atoms with Gasteiger partial charge in [0, 0.05) is 12.8 Å². The minimum atomic E-state index is -0.0731. The van der Waals surface area contributed by atoms with Gasteiger partial charge in [0.15, 0.2) is 23.0 Å². The van der Waals surface area contributed by atoms with Gasteiger partial charge in [-0.25, -0.2) is 0 Å². The van der Waals surface area contributed by atoms with Gasteiger partial charge in [-0.05, 0) is 36.2 Å². The lowest BCUT2D eigenvalue weighted by Crippen LogP contribution is -2.12. The predicted octanol–water partition coefficient (Wildman–Crippen LogP) is 3.15. The maximum absolute atomic E-state index is 12.3. The van der Waals surface area contributed by atoms with E-state index >= 15 is 0 Å². The molecule has 130 valence electrons. The van der Waals surface area contributed by atoms with Crippen LogP contribution in [0.5, 0.6) is 23.0 Å². The highest BCUT2D eigenvalue weighted by atomic mass is 16.7. The van der Waals surface area contributed by atoms with E-state index in [0.717, 1.165) is 23.5 Å². The van der Waals surface area contributed by atoms with Crippen LogP contribution in [0.4, 0.5) is 5.69 Å². The number of anilines is 1. The molecule has 0 saturated carbocycles. The molecule has 25 heavy (non-hydrogen) atoms. The Labute approximate surface area is 145 Å². The van der Waals surface area contributed by atoms with E-state index in [4.69, 9.17) is 18.9 Å². The van der Waals surface area contributed by atoms with Gasteiger partial charge in [0.25, 0.3) is 0 Å². The minimum absolute atomic E-state index is 0.0731. The predicted molar refractivity (Wildman–Crippen MR) is 91.6 cm³/mol. The first-order valence-corrected chi connectivity index (χ1v) is 8.36. The van der Waals surface area contributed by atoms with Crippen molar-refractivity contribution in [2.45, 2.75) is 19.3 Å². The maximum Gasteiger partial charge on any atom is 0.231 e. The molecule has 0 bridgehead atoms.